The lowest BCUT2D eigenvalue weighted by molar-refractivity contribution is 0.00987. The number of alkyl halides is 2. The van der Waals surface area contributed by atoms with Crippen molar-refractivity contribution < 1.29 is 13.5 Å². The minimum Gasteiger partial charge on any atom is -0.371 e. The molecule has 1 saturated carbocycles. The Morgan fingerprint density at radius 3 is 2.53 bits per heavy atom. The van der Waals surface area contributed by atoms with Crippen molar-refractivity contribution in [3.63, 3.8) is 0 Å². The third-order valence-corrected chi connectivity index (χ3v) is 3.35. The molecule has 0 amide bonds. The first-order valence-corrected chi connectivity index (χ1v) is 6.83. The molecule has 106 valence electrons. The zero-order valence-electron chi connectivity index (χ0n) is 11.2. The number of hydrogen-bond acceptors (Lipinski definition) is 2. The first-order chi connectivity index (χ1) is 9.15. The van der Waals surface area contributed by atoms with E-state index < -0.39 is 13.0 Å². The Balaban J connectivity index is 1.76. The van der Waals surface area contributed by atoms with E-state index in [0.717, 1.165) is 18.2 Å². The highest BCUT2D eigenvalue weighted by Gasteiger charge is 2.21. The van der Waals surface area contributed by atoms with Crippen LogP contribution in [0.2, 0.25) is 0 Å². The molecule has 2 nitrogen and oxygen atoms in total. The molecule has 0 heterocycles. The van der Waals surface area contributed by atoms with Gasteiger partial charge in [0.2, 0.25) is 0 Å². The van der Waals surface area contributed by atoms with Crippen LogP contribution >= 0.6 is 0 Å². The molecule has 0 bridgehead atoms. The van der Waals surface area contributed by atoms with Gasteiger partial charge in [-0.05, 0) is 29.9 Å². The molecule has 1 atom stereocenters. The average molecular weight is 269 g/mol. The second kappa shape index (κ2) is 6.96. The van der Waals surface area contributed by atoms with Crippen LogP contribution < -0.4 is 5.32 Å². The fourth-order valence-corrected chi connectivity index (χ4v) is 1.96. The van der Waals surface area contributed by atoms with Crippen LogP contribution in [0.25, 0.3) is 0 Å². The highest BCUT2D eigenvalue weighted by Crippen LogP contribution is 2.21. The van der Waals surface area contributed by atoms with Gasteiger partial charge in [0.1, 0.15) is 6.61 Å². The lowest BCUT2D eigenvalue weighted by Crippen LogP contribution is -2.22. The molecule has 1 aromatic rings. The molecule has 0 aliphatic heterocycles. The topological polar surface area (TPSA) is 21.3 Å². The Morgan fingerprint density at radius 1 is 1.26 bits per heavy atom. The number of benzene rings is 1. The summed E-state index contributed by atoms with van der Waals surface area (Å²) in [6, 6.07) is 8.74. The Hall–Kier alpha value is -1.00. The molecule has 1 N–H and O–H groups in total. The van der Waals surface area contributed by atoms with Gasteiger partial charge in [0.15, 0.2) is 0 Å². The van der Waals surface area contributed by atoms with Crippen molar-refractivity contribution in [2.75, 3.05) is 13.2 Å². The summed E-state index contributed by atoms with van der Waals surface area (Å²) in [6.45, 7) is 2.94. The Morgan fingerprint density at radius 2 is 1.95 bits per heavy atom. The highest BCUT2D eigenvalue weighted by atomic mass is 19.3. The van der Waals surface area contributed by atoms with Crippen molar-refractivity contribution in [3.8, 4) is 0 Å². The second-order valence-corrected chi connectivity index (χ2v) is 5.23. The van der Waals surface area contributed by atoms with E-state index >= 15 is 0 Å². The molecule has 0 radical (unpaired) electrons. The van der Waals surface area contributed by atoms with Gasteiger partial charge in [-0.15, -0.1) is 0 Å². The van der Waals surface area contributed by atoms with Crippen LogP contribution in [0.4, 0.5) is 8.78 Å². The van der Waals surface area contributed by atoms with Crippen LogP contribution in [0.3, 0.4) is 0 Å². The van der Waals surface area contributed by atoms with Crippen molar-refractivity contribution in [2.24, 2.45) is 0 Å². The summed E-state index contributed by atoms with van der Waals surface area (Å²) in [6.07, 6.45) is 0.202. The van der Waals surface area contributed by atoms with Gasteiger partial charge in [-0.3, -0.25) is 0 Å². The van der Waals surface area contributed by atoms with Crippen molar-refractivity contribution >= 4 is 0 Å². The molecular formula is C15H21F2NO. The summed E-state index contributed by atoms with van der Waals surface area (Å²) in [4.78, 5) is 0. The minimum atomic E-state index is -2.40. The van der Waals surface area contributed by atoms with E-state index in [-0.39, 0.29) is 6.61 Å². The molecule has 19 heavy (non-hydrogen) atoms. The third kappa shape index (κ3) is 5.25. The average Bonchev–Trinajstić information content (AvgIpc) is 3.20. The summed E-state index contributed by atoms with van der Waals surface area (Å²) in [5, 5.41) is 3.51. The van der Waals surface area contributed by atoms with Crippen LogP contribution in [-0.2, 0) is 11.3 Å². The standard InChI is InChI=1S/C15H21F2NO/c1-11(8-18-14-6-7-14)13-4-2-12(3-5-13)9-19-10-15(16)17/h2-5,11,14-15,18H,6-10H2,1H3. The van der Waals surface area contributed by atoms with Crippen molar-refractivity contribution in [2.45, 2.75) is 44.8 Å². The largest absolute Gasteiger partial charge is 0.371 e. The van der Waals surface area contributed by atoms with E-state index in [1.807, 2.05) is 12.1 Å². The van der Waals surface area contributed by atoms with Gasteiger partial charge in [-0.1, -0.05) is 31.2 Å². The van der Waals surface area contributed by atoms with Gasteiger partial charge < -0.3 is 10.1 Å². The Bertz CT molecular complexity index is 376. The number of halogens is 2. The molecule has 4 heteroatoms. The van der Waals surface area contributed by atoms with Crippen molar-refractivity contribution in [1.82, 2.24) is 5.32 Å². The van der Waals surface area contributed by atoms with E-state index in [0.29, 0.717) is 5.92 Å². The summed E-state index contributed by atoms with van der Waals surface area (Å²) in [5.41, 5.74) is 2.21. The van der Waals surface area contributed by atoms with E-state index in [1.54, 1.807) is 0 Å². The van der Waals surface area contributed by atoms with Gasteiger partial charge in [-0.2, -0.15) is 0 Å². The predicted molar refractivity (Wildman–Crippen MR) is 71.5 cm³/mol. The van der Waals surface area contributed by atoms with Gasteiger partial charge in [0.25, 0.3) is 6.43 Å². The van der Waals surface area contributed by atoms with Crippen molar-refractivity contribution in [3.05, 3.63) is 35.4 Å². The third-order valence-electron chi connectivity index (χ3n) is 3.35. The monoisotopic (exact) mass is 269 g/mol. The SMILES string of the molecule is CC(CNC1CC1)c1ccc(COCC(F)F)cc1. The van der Waals surface area contributed by atoms with Gasteiger partial charge in [0.05, 0.1) is 6.61 Å². The van der Waals surface area contributed by atoms with Gasteiger partial charge in [-0.25, -0.2) is 8.78 Å². The number of nitrogens with one attached hydrogen (secondary N) is 1. The first-order valence-electron chi connectivity index (χ1n) is 6.83. The minimum absolute atomic E-state index is 0.249. The fraction of sp³-hybridized carbons (Fsp3) is 0.600. The summed E-state index contributed by atoms with van der Waals surface area (Å²) < 4.78 is 28.8. The second-order valence-electron chi connectivity index (χ2n) is 5.23. The maximum atomic E-state index is 11.9. The number of ether oxygens (including phenoxy) is 1. The first kappa shape index (κ1) is 14.4. The molecule has 0 saturated heterocycles. The van der Waals surface area contributed by atoms with Gasteiger partial charge >= 0.3 is 0 Å². The van der Waals surface area contributed by atoms with E-state index in [1.165, 1.54) is 18.4 Å². The maximum Gasteiger partial charge on any atom is 0.261 e. The summed E-state index contributed by atoms with van der Waals surface area (Å²) >= 11 is 0. The van der Waals surface area contributed by atoms with E-state index in [2.05, 4.69) is 24.4 Å². The number of rotatable bonds is 8. The molecule has 0 spiro atoms. The van der Waals surface area contributed by atoms with Crippen LogP contribution in [0.5, 0.6) is 0 Å². The number of hydrogen-bond donors (Lipinski definition) is 1. The smallest absolute Gasteiger partial charge is 0.261 e. The van der Waals surface area contributed by atoms with Crippen LogP contribution in [0, 0.1) is 0 Å². The van der Waals surface area contributed by atoms with E-state index in [9.17, 15) is 8.78 Å². The van der Waals surface area contributed by atoms with Crippen LogP contribution in [0.15, 0.2) is 24.3 Å². The molecule has 1 aromatic carbocycles. The quantitative estimate of drug-likeness (QED) is 0.781. The van der Waals surface area contributed by atoms with E-state index in [4.69, 9.17) is 4.74 Å². The lowest BCUT2D eigenvalue weighted by atomic mass is 10.00. The Labute approximate surface area is 113 Å². The van der Waals surface area contributed by atoms with Crippen LogP contribution in [-0.4, -0.2) is 25.6 Å². The van der Waals surface area contributed by atoms with Crippen molar-refractivity contribution in [1.29, 1.82) is 0 Å². The maximum absolute atomic E-state index is 11.9. The molecule has 2 rings (SSSR count). The van der Waals surface area contributed by atoms with Gasteiger partial charge in [0, 0.05) is 12.6 Å². The van der Waals surface area contributed by atoms with Crippen LogP contribution in [0.1, 0.15) is 36.8 Å². The summed E-state index contributed by atoms with van der Waals surface area (Å²) in [5.74, 6) is 0.469. The zero-order chi connectivity index (χ0) is 13.7. The fourth-order valence-electron chi connectivity index (χ4n) is 1.96. The molecule has 1 aliphatic carbocycles. The highest BCUT2D eigenvalue weighted by molar-refractivity contribution is 5.25. The normalized spacial score (nSPS) is 16.8. The predicted octanol–water partition coefficient (Wildman–Crippen LogP) is 3.32. The molecule has 1 aliphatic rings. The molecule has 1 fully saturated rings. The molecule has 1 unspecified atom stereocenters. The molecular weight excluding hydrogens is 248 g/mol. The molecule has 0 aromatic heterocycles. The lowest BCUT2D eigenvalue weighted by Gasteiger charge is -2.13. The summed E-state index contributed by atoms with van der Waals surface area (Å²) in [7, 11) is 0. The Kier molecular flexibility index (Phi) is 5.28. The zero-order valence-corrected chi connectivity index (χ0v) is 11.2.